The number of hydrogen-bond acceptors (Lipinski definition) is 3. The zero-order valence-electron chi connectivity index (χ0n) is 8.91. The maximum atomic E-state index is 5.80. The molecule has 1 saturated heterocycles. The molecule has 1 N–H and O–H groups in total. The van der Waals surface area contributed by atoms with E-state index in [9.17, 15) is 0 Å². The van der Waals surface area contributed by atoms with E-state index < -0.39 is 0 Å². The lowest BCUT2D eigenvalue weighted by molar-refractivity contribution is 0.399. The first kappa shape index (κ1) is 10.7. The molecule has 82 valence electrons. The van der Waals surface area contributed by atoms with Crippen LogP contribution >= 0.6 is 11.6 Å². The normalized spacial score (nSPS) is 21.9. The fraction of sp³-hybridized carbons (Fsp3) is 0.545. The van der Waals surface area contributed by atoms with E-state index in [0.717, 1.165) is 18.2 Å². The Kier molecular flexibility index (Phi) is 3.44. The van der Waals surface area contributed by atoms with Gasteiger partial charge in [-0.15, -0.1) is 0 Å². The highest BCUT2D eigenvalue weighted by molar-refractivity contribution is 6.29. The first-order chi connectivity index (χ1) is 7.24. The van der Waals surface area contributed by atoms with Gasteiger partial charge in [-0.3, -0.25) is 0 Å². The van der Waals surface area contributed by atoms with Crippen molar-refractivity contribution in [2.45, 2.75) is 6.42 Å². The van der Waals surface area contributed by atoms with Gasteiger partial charge in [0.2, 0.25) is 0 Å². The number of aromatic nitrogens is 1. The molecule has 1 aromatic heterocycles. The van der Waals surface area contributed by atoms with Crippen LogP contribution in [0, 0.1) is 5.92 Å². The first-order valence-corrected chi connectivity index (χ1v) is 5.66. The van der Waals surface area contributed by atoms with Crippen molar-refractivity contribution in [3.63, 3.8) is 0 Å². The lowest BCUT2D eigenvalue weighted by Crippen LogP contribution is -2.19. The quantitative estimate of drug-likeness (QED) is 0.799. The number of anilines is 1. The van der Waals surface area contributed by atoms with Gasteiger partial charge in [0.1, 0.15) is 5.15 Å². The first-order valence-electron chi connectivity index (χ1n) is 5.28. The summed E-state index contributed by atoms with van der Waals surface area (Å²) in [6.07, 6.45) is 3.01. The molecular weight excluding hydrogens is 210 g/mol. The highest BCUT2D eigenvalue weighted by atomic mass is 35.5. The van der Waals surface area contributed by atoms with Crippen molar-refractivity contribution in [1.82, 2.24) is 9.88 Å². The van der Waals surface area contributed by atoms with Crippen molar-refractivity contribution in [2.24, 2.45) is 5.92 Å². The molecule has 1 atom stereocenters. The molecule has 4 heteroatoms. The average Bonchev–Trinajstić information content (AvgIpc) is 2.62. The van der Waals surface area contributed by atoms with E-state index in [2.05, 4.69) is 22.2 Å². The van der Waals surface area contributed by atoms with Crippen molar-refractivity contribution in [2.75, 3.05) is 32.0 Å². The Labute approximate surface area is 95.4 Å². The van der Waals surface area contributed by atoms with E-state index in [0.29, 0.717) is 5.15 Å². The van der Waals surface area contributed by atoms with Gasteiger partial charge in [0, 0.05) is 25.0 Å². The van der Waals surface area contributed by atoms with Crippen LogP contribution in [0.25, 0.3) is 0 Å². The molecule has 0 saturated carbocycles. The third kappa shape index (κ3) is 3.08. The minimum atomic E-state index is 0.545. The fourth-order valence-corrected chi connectivity index (χ4v) is 2.14. The van der Waals surface area contributed by atoms with E-state index in [-0.39, 0.29) is 0 Å². The van der Waals surface area contributed by atoms with Crippen LogP contribution in [-0.2, 0) is 0 Å². The summed E-state index contributed by atoms with van der Waals surface area (Å²) >= 11 is 5.80. The lowest BCUT2D eigenvalue weighted by atomic mass is 10.1. The van der Waals surface area contributed by atoms with E-state index in [1.165, 1.54) is 19.5 Å². The van der Waals surface area contributed by atoms with Gasteiger partial charge in [-0.05, 0) is 38.1 Å². The molecule has 1 aliphatic rings. The SMILES string of the molecule is CN1CCC(CNc2ccnc(Cl)c2)C1. The van der Waals surface area contributed by atoms with Crippen LogP contribution < -0.4 is 5.32 Å². The molecule has 0 spiro atoms. The highest BCUT2D eigenvalue weighted by Gasteiger charge is 2.18. The van der Waals surface area contributed by atoms with Crippen LogP contribution in [-0.4, -0.2) is 36.6 Å². The standard InChI is InChI=1S/C11H16ClN3/c1-15-5-3-9(8-15)7-14-10-2-4-13-11(12)6-10/h2,4,6,9H,3,5,7-8H2,1H3,(H,13,14). The minimum absolute atomic E-state index is 0.545. The predicted molar refractivity (Wildman–Crippen MR) is 63.3 cm³/mol. The number of nitrogens with zero attached hydrogens (tertiary/aromatic N) is 2. The number of pyridine rings is 1. The van der Waals surface area contributed by atoms with Gasteiger partial charge < -0.3 is 10.2 Å². The van der Waals surface area contributed by atoms with E-state index in [1.54, 1.807) is 6.20 Å². The smallest absolute Gasteiger partial charge is 0.131 e. The Morgan fingerprint density at radius 2 is 2.53 bits per heavy atom. The van der Waals surface area contributed by atoms with E-state index in [4.69, 9.17) is 11.6 Å². The summed E-state index contributed by atoms with van der Waals surface area (Å²) in [7, 11) is 2.17. The lowest BCUT2D eigenvalue weighted by Gasteiger charge is -2.12. The van der Waals surface area contributed by atoms with Gasteiger partial charge in [0.25, 0.3) is 0 Å². The van der Waals surface area contributed by atoms with Crippen LogP contribution in [0.1, 0.15) is 6.42 Å². The largest absolute Gasteiger partial charge is 0.385 e. The highest BCUT2D eigenvalue weighted by Crippen LogP contribution is 2.17. The van der Waals surface area contributed by atoms with Crippen LogP contribution in [0.4, 0.5) is 5.69 Å². The predicted octanol–water partition coefficient (Wildman–Crippen LogP) is 2.10. The molecule has 1 fully saturated rings. The molecule has 3 nitrogen and oxygen atoms in total. The third-order valence-corrected chi connectivity index (χ3v) is 3.02. The molecule has 2 heterocycles. The van der Waals surface area contributed by atoms with Crippen molar-refractivity contribution in [1.29, 1.82) is 0 Å². The Hall–Kier alpha value is -0.800. The topological polar surface area (TPSA) is 28.2 Å². The van der Waals surface area contributed by atoms with Crippen LogP contribution in [0.15, 0.2) is 18.3 Å². The summed E-state index contributed by atoms with van der Waals surface area (Å²) in [6, 6.07) is 3.81. The van der Waals surface area contributed by atoms with Crippen molar-refractivity contribution in [3.05, 3.63) is 23.5 Å². The van der Waals surface area contributed by atoms with Crippen molar-refractivity contribution < 1.29 is 0 Å². The molecule has 2 rings (SSSR count). The van der Waals surface area contributed by atoms with Crippen molar-refractivity contribution in [3.8, 4) is 0 Å². The van der Waals surface area contributed by atoms with Crippen LogP contribution in [0.5, 0.6) is 0 Å². The summed E-state index contributed by atoms with van der Waals surface area (Å²) in [4.78, 5) is 6.32. The molecule has 15 heavy (non-hydrogen) atoms. The summed E-state index contributed by atoms with van der Waals surface area (Å²) in [5.41, 5.74) is 1.06. The second kappa shape index (κ2) is 4.81. The molecule has 1 aliphatic heterocycles. The fourth-order valence-electron chi connectivity index (χ4n) is 1.97. The van der Waals surface area contributed by atoms with Gasteiger partial charge >= 0.3 is 0 Å². The van der Waals surface area contributed by atoms with E-state index >= 15 is 0 Å². The summed E-state index contributed by atoms with van der Waals surface area (Å²) in [5, 5.41) is 3.94. The number of hydrogen-bond donors (Lipinski definition) is 1. The van der Waals surface area contributed by atoms with E-state index in [1.807, 2.05) is 12.1 Å². The Morgan fingerprint density at radius 1 is 1.67 bits per heavy atom. The van der Waals surface area contributed by atoms with Gasteiger partial charge in [0.05, 0.1) is 0 Å². The minimum Gasteiger partial charge on any atom is -0.385 e. The molecule has 0 radical (unpaired) electrons. The zero-order valence-corrected chi connectivity index (χ0v) is 9.67. The number of halogens is 1. The molecular formula is C11H16ClN3. The molecule has 0 aliphatic carbocycles. The Bertz CT molecular complexity index is 329. The Morgan fingerprint density at radius 3 is 3.20 bits per heavy atom. The second-order valence-electron chi connectivity index (χ2n) is 4.17. The van der Waals surface area contributed by atoms with Crippen molar-refractivity contribution >= 4 is 17.3 Å². The number of likely N-dealkylation sites (tertiary alicyclic amines) is 1. The van der Waals surface area contributed by atoms with Crippen LogP contribution in [0.3, 0.4) is 0 Å². The maximum absolute atomic E-state index is 5.80. The molecule has 1 aromatic rings. The number of nitrogens with one attached hydrogen (secondary N) is 1. The van der Waals surface area contributed by atoms with Crippen LogP contribution in [0.2, 0.25) is 5.15 Å². The van der Waals surface area contributed by atoms with Gasteiger partial charge in [-0.25, -0.2) is 4.98 Å². The number of rotatable bonds is 3. The molecule has 0 aromatic carbocycles. The molecule has 1 unspecified atom stereocenters. The summed E-state index contributed by atoms with van der Waals surface area (Å²) in [6.45, 7) is 3.42. The Balaban J connectivity index is 1.83. The molecule has 0 bridgehead atoms. The van der Waals surface area contributed by atoms with Gasteiger partial charge in [0.15, 0.2) is 0 Å². The summed E-state index contributed by atoms with van der Waals surface area (Å²) < 4.78 is 0. The summed E-state index contributed by atoms with van der Waals surface area (Å²) in [5.74, 6) is 0.752. The monoisotopic (exact) mass is 225 g/mol. The maximum Gasteiger partial charge on any atom is 0.131 e. The zero-order chi connectivity index (χ0) is 10.7. The molecule has 0 amide bonds. The average molecular weight is 226 g/mol. The third-order valence-electron chi connectivity index (χ3n) is 2.81. The van der Waals surface area contributed by atoms with Gasteiger partial charge in [-0.1, -0.05) is 11.6 Å². The van der Waals surface area contributed by atoms with Gasteiger partial charge in [-0.2, -0.15) is 0 Å². The second-order valence-corrected chi connectivity index (χ2v) is 4.55.